The first kappa shape index (κ1) is 13.8. The number of aromatic carboxylic acids is 1. The van der Waals surface area contributed by atoms with Crippen molar-refractivity contribution in [2.24, 2.45) is 0 Å². The van der Waals surface area contributed by atoms with E-state index in [0.29, 0.717) is 0 Å². The molecule has 6 heteroatoms. The molecule has 1 rings (SSSR count). The summed E-state index contributed by atoms with van der Waals surface area (Å²) in [6.45, 7) is 1.56. The summed E-state index contributed by atoms with van der Waals surface area (Å²) in [6.07, 6.45) is -0.738. The summed E-state index contributed by atoms with van der Waals surface area (Å²) in [6, 6.07) is 4.76. The minimum atomic E-state index is -1.08. The van der Waals surface area contributed by atoms with Crippen molar-refractivity contribution in [3.63, 3.8) is 0 Å². The van der Waals surface area contributed by atoms with Gasteiger partial charge in [-0.1, -0.05) is 0 Å². The lowest BCUT2D eigenvalue weighted by Gasteiger charge is -2.14. The van der Waals surface area contributed by atoms with Gasteiger partial charge in [-0.3, -0.25) is 4.79 Å². The maximum atomic E-state index is 11.3. The molecular formula is C11H12INO4. The lowest BCUT2D eigenvalue weighted by Crippen LogP contribution is -2.34. The van der Waals surface area contributed by atoms with E-state index >= 15 is 0 Å². The average Bonchev–Trinajstić information content (AvgIpc) is 2.29. The Hall–Kier alpha value is -1.31. The van der Waals surface area contributed by atoms with E-state index in [0.717, 1.165) is 3.57 Å². The third-order valence-corrected chi connectivity index (χ3v) is 2.76. The van der Waals surface area contributed by atoms with Gasteiger partial charge in [0.2, 0.25) is 0 Å². The van der Waals surface area contributed by atoms with Gasteiger partial charge in [-0.2, -0.15) is 0 Å². The molecule has 0 radical (unpaired) electrons. The number of nitrogens with one attached hydrogen (secondary N) is 1. The SMILES string of the molecule is CNC(=O)C(C)Oc1ccc(I)cc1C(=O)O. The normalized spacial score (nSPS) is 11.7. The zero-order valence-electron chi connectivity index (χ0n) is 9.36. The molecule has 0 bridgehead atoms. The number of carboxylic acid groups (broad SMARTS) is 1. The number of hydrogen-bond donors (Lipinski definition) is 2. The average molecular weight is 349 g/mol. The standard InChI is InChI=1S/C11H12INO4/c1-6(10(14)13-2)17-9-4-3-7(12)5-8(9)11(15)16/h3-6H,1-2H3,(H,13,14)(H,15,16). The van der Waals surface area contributed by atoms with Crippen LogP contribution in [0.15, 0.2) is 18.2 Å². The second kappa shape index (κ2) is 5.85. The van der Waals surface area contributed by atoms with Crippen molar-refractivity contribution in [1.29, 1.82) is 0 Å². The van der Waals surface area contributed by atoms with Gasteiger partial charge in [-0.15, -0.1) is 0 Å². The van der Waals surface area contributed by atoms with Crippen LogP contribution in [0.2, 0.25) is 0 Å². The highest BCUT2D eigenvalue weighted by atomic mass is 127. The number of carboxylic acids is 1. The van der Waals surface area contributed by atoms with E-state index in [1.54, 1.807) is 19.1 Å². The number of carbonyl (C=O) groups excluding carboxylic acids is 1. The highest BCUT2D eigenvalue weighted by Crippen LogP contribution is 2.22. The zero-order chi connectivity index (χ0) is 13.0. The predicted molar refractivity (Wildman–Crippen MR) is 70.3 cm³/mol. The zero-order valence-corrected chi connectivity index (χ0v) is 11.5. The van der Waals surface area contributed by atoms with E-state index in [4.69, 9.17) is 9.84 Å². The van der Waals surface area contributed by atoms with Gasteiger partial charge >= 0.3 is 5.97 Å². The first-order chi connectivity index (χ1) is 7.95. The lowest BCUT2D eigenvalue weighted by atomic mass is 10.2. The van der Waals surface area contributed by atoms with Gasteiger partial charge < -0.3 is 15.2 Å². The summed E-state index contributed by atoms with van der Waals surface area (Å²) in [5, 5.41) is 11.4. The molecule has 0 heterocycles. The Balaban J connectivity index is 2.98. The van der Waals surface area contributed by atoms with Crippen LogP contribution in [0.3, 0.4) is 0 Å². The summed E-state index contributed by atoms with van der Waals surface area (Å²) in [7, 11) is 1.49. The van der Waals surface area contributed by atoms with Gasteiger partial charge in [0.05, 0.1) is 0 Å². The Bertz CT molecular complexity index is 447. The van der Waals surface area contributed by atoms with Crippen LogP contribution < -0.4 is 10.1 Å². The maximum absolute atomic E-state index is 11.3. The molecule has 0 aromatic heterocycles. The number of amides is 1. The second-order valence-corrected chi connectivity index (χ2v) is 4.57. The molecule has 2 N–H and O–H groups in total. The van der Waals surface area contributed by atoms with Crippen molar-refractivity contribution in [2.45, 2.75) is 13.0 Å². The third-order valence-electron chi connectivity index (χ3n) is 2.09. The molecule has 0 aliphatic rings. The molecule has 92 valence electrons. The number of carbonyl (C=O) groups is 2. The minimum Gasteiger partial charge on any atom is -0.480 e. The Morgan fingerprint density at radius 2 is 2.12 bits per heavy atom. The van der Waals surface area contributed by atoms with Gasteiger partial charge in [-0.05, 0) is 47.7 Å². The van der Waals surface area contributed by atoms with Gasteiger partial charge in [0.25, 0.3) is 5.91 Å². The van der Waals surface area contributed by atoms with E-state index in [1.807, 2.05) is 22.6 Å². The Morgan fingerprint density at radius 3 is 2.65 bits per heavy atom. The quantitative estimate of drug-likeness (QED) is 0.808. The summed E-state index contributed by atoms with van der Waals surface area (Å²) in [5.74, 6) is -1.20. The van der Waals surface area contributed by atoms with Crippen LogP contribution in [0.1, 0.15) is 17.3 Å². The molecule has 0 fully saturated rings. The molecule has 0 aliphatic heterocycles. The minimum absolute atomic E-state index is 0.0488. The lowest BCUT2D eigenvalue weighted by molar-refractivity contribution is -0.126. The van der Waals surface area contributed by atoms with Crippen molar-refractivity contribution in [1.82, 2.24) is 5.32 Å². The number of ether oxygens (including phenoxy) is 1. The van der Waals surface area contributed by atoms with Crippen LogP contribution in [-0.4, -0.2) is 30.1 Å². The van der Waals surface area contributed by atoms with Gasteiger partial charge in [0.1, 0.15) is 11.3 Å². The van der Waals surface area contributed by atoms with E-state index in [1.165, 1.54) is 13.1 Å². The van der Waals surface area contributed by atoms with Crippen LogP contribution in [-0.2, 0) is 4.79 Å². The van der Waals surface area contributed by atoms with E-state index < -0.39 is 12.1 Å². The van der Waals surface area contributed by atoms with Crippen molar-refractivity contribution in [2.75, 3.05) is 7.05 Å². The third kappa shape index (κ3) is 3.58. The number of likely N-dealkylation sites (N-methyl/N-ethyl adjacent to an activating group) is 1. The summed E-state index contributed by atoms with van der Waals surface area (Å²) in [4.78, 5) is 22.3. The molecule has 1 aromatic carbocycles. The number of halogens is 1. The van der Waals surface area contributed by atoms with Crippen LogP contribution in [0.4, 0.5) is 0 Å². The predicted octanol–water partition coefficient (Wildman–Crippen LogP) is 1.50. The first-order valence-electron chi connectivity index (χ1n) is 4.86. The fraction of sp³-hybridized carbons (Fsp3) is 0.273. The van der Waals surface area contributed by atoms with Crippen LogP contribution in [0.25, 0.3) is 0 Å². The van der Waals surface area contributed by atoms with Crippen molar-refractivity contribution in [3.05, 3.63) is 27.3 Å². The Labute approximate surface area is 112 Å². The van der Waals surface area contributed by atoms with Crippen LogP contribution in [0.5, 0.6) is 5.75 Å². The summed E-state index contributed by atoms with van der Waals surface area (Å²) >= 11 is 2.01. The molecular weight excluding hydrogens is 337 g/mol. The Kier molecular flexibility index (Phi) is 4.73. The van der Waals surface area contributed by atoms with Gasteiger partial charge in [0.15, 0.2) is 6.10 Å². The molecule has 1 unspecified atom stereocenters. The Morgan fingerprint density at radius 1 is 1.47 bits per heavy atom. The molecule has 0 saturated heterocycles. The van der Waals surface area contributed by atoms with E-state index in [9.17, 15) is 9.59 Å². The smallest absolute Gasteiger partial charge is 0.339 e. The number of rotatable bonds is 4. The van der Waals surface area contributed by atoms with Crippen LogP contribution >= 0.6 is 22.6 Å². The fourth-order valence-corrected chi connectivity index (χ4v) is 1.71. The van der Waals surface area contributed by atoms with Crippen molar-refractivity contribution >= 4 is 34.5 Å². The van der Waals surface area contributed by atoms with E-state index in [-0.39, 0.29) is 17.2 Å². The highest BCUT2D eigenvalue weighted by Gasteiger charge is 2.17. The first-order valence-corrected chi connectivity index (χ1v) is 5.94. The molecule has 1 atom stereocenters. The topological polar surface area (TPSA) is 75.6 Å². The van der Waals surface area contributed by atoms with Crippen LogP contribution in [0, 0.1) is 3.57 Å². The molecule has 0 spiro atoms. The molecule has 1 aromatic rings. The monoisotopic (exact) mass is 349 g/mol. The largest absolute Gasteiger partial charge is 0.480 e. The fourth-order valence-electron chi connectivity index (χ4n) is 1.22. The number of hydrogen-bond acceptors (Lipinski definition) is 3. The van der Waals surface area contributed by atoms with Crippen molar-refractivity contribution in [3.8, 4) is 5.75 Å². The molecule has 0 aliphatic carbocycles. The highest BCUT2D eigenvalue weighted by molar-refractivity contribution is 14.1. The molecule has 5 nitrogen and oxygen atoms in total. The van der Waals surface area contributed by atoms with Gasteiger partial charge in [0, 0.05) is 10.6 Å². The molecule has 1 amide bonds. The maximum Gasteiger partial charge on any atom is 0.339 e. The van der Waals surface area contributed by atoms with Gasteiger partial charge in [-0.25, -0.2) is 4.79 Å². The van der Waals surface area contributed by atoms with Crippen molar-refractivity contribution < 1.29 is 19.4 Å². The summed E-state index contributed by atoms with van der Waals surface area (Å²) in [5.41, 5.74) is 0.0488. The molecule has 17 heavy (non-hydrogen) atoms. The molecule has 0 saturated carbocycles. The summed E-state index contributed by atoms with van der Waals surface area (Å²) < 4.78 is 6.11. The number of benzene rings is 1. The second-order valence-electron chi connectivity index (χ2n) is 3.32. The van der Waals surface area contributed by atoms with E-state index in [2.05, 4.69) is 5.32 Å².